The van der Waals surface area contributed by atoms with Crippen molar-refractivity contribution in [1.82, 2.24) is 15.6 Å². The van der Waals surface area contributed by atoms with E-state index in [1.165, 1.54) is 25.7 Å². The third kappa shape index (κ3) is 8.64. The number of halogens is 1. The van der Waals surface area contributed by atoms with Crippen molar-refractivity contribution in [2.45, 2.75) is 57.6 Å². The molecule has 0 unspecified atom stereocenters. The molecule has 1 heterocycles. The van der Waals surface area contributed by atoms with Gasteiger partial charge in [-0.05, 0) is 56.4 Å². The Morgan fingerprint density at radius 1 is 1.19 bits per heavy atom. The molecule has 152 valence electrons. The molecule has 0 radical (unpaired) electrons. The average molecular weight is 488 g/mol. The molecular weight excluding hydrogens is 455 g/mol. The Balaban J connectivity index is 0.00000261. The van der Waals surface area contributed by atoms with Crippen molar-refractivity contribution in [3.8, 4) is 5.88 Å². The van der Waals surface area contributed by atoms with Crippen molar-refractivity contribution in [3.05, 3.63) is 23.9 Å². The highest BCUT2D eigenvalue weighted by atomic mass is 127. The normalized spacial score (nSPS) is 17.4. The Morgan fingerprint density at radius 2 is 2.00 bits per heavy atom. The summed E-state index contributed by atoms with van der Waals surface area (Å²) in [6.45, 7) is 3.29. The molecule has 0 saturated heterocycles. The SMILES string of the molecule is CN=C(NCCCOCC1CC1)NCc1ccc(OC2CCCC2)nc1.I. The smallest absolute Gasteiger partial charge is 0.213 e. The first-order valence-corrected chi connectivity index (χ1v) is 9.97. The average Bonchev–Trinajstić information content (AvgIpc) is 3.36. The van der Waals surface area contributed by atoms with E-state index in [-0.39, 0.29) is 24.0 Å². The van der Waals surface area contributed by atoms with Gasteiger partial charge in [0.1, 0.15) is 6.10 Å². The fraction of sp³-hybridized carbons (Fsp3) is 0.700. The summed E-state index contributed by atoms with van der Waals surface area (Å²) in [4.78, 5) is 8.68. The van der Waals surface area contributed by atoms with E-state index in [0.29, 0.717) is 12.6 Å². The molecule has 0 aromatic carbocycles. The summed E-state index contributed by atoms with van der Waals surface area (Å²) in [6.07, 6.45) is 10.7. The van der Waals surface area contributed by atoms with Crippen molar-refractivity contribution in [1.29, 1.82) is 0 Å². The van der Waals surface area contributed by atoms with Crippen LogP contribution >= 0.6 is 24.0 Å². The number of pyridine rings is 1. The zero-order valence-corrected chi connectivity index (χ0v) is 18.6. The molecule has 27 heavy (non-hydrogen) atoms. The third-order valence-corrected chi connectivity index (χ3v) is 4.88. The second-order valence-electron chi connectivity index (χ2n) is 7.25. The molecule has 3 rings (SSSR count). The molecule has 0 spiro atoms. The molecule has 7 heteroatoms. The molecule has 2 saturated carbocycles. The molecular formula is C20H33IN4O2. The number of hydrogen-bond acceptors (Lipinski definition) is 4. The van der Waals surface area contributed by atoms with Crippen molar-refractivity contribution in [2.24, 2.45) is 10.9 Å². The number of hydrogen-bond donors (Lipinski definition) is 2. The van der Waals surface area contributed by atoms with Gasteiger partial charge in [0.05, 0.1) is 0 Å². The van der Waals surface area contributed by atoms with Crippen molar-refractivity contribution < 1.29 is 9.47 Å². The summed E-state index contributed by atoms with van der Waals surface area (Å²) in [7, 11) is 1.79. The van der Waals surface area contributed by atoms with Crippen LogP contribution in [0.25, 0.3) is 0 Å². The van der Waals surface area contributed by atoms with Crippen LogP contribution in [0.4, 0.5) is 0 Å². The second-order valence-corrected chi connectivity index (χ2v) is 7.25. The Labute approximate surface area is 179 Å². The molecule has 0 bridgehead atoms. The third-order valence-electron chi connectivity index (χ3n) is 4.88. The number of nitrogens with one attached hydrogen (secondary N) is 2. The maximum absolute atomic E-state index is 5.90. The van der Waals surface area contributed by atoms with Gasteiger partial charge in [-0.3, -0.25) is 4.99 Å². The lowest BCUT2D eigenvalue weighted by molar-refractivity contribution is 0.123. The van der Waals surface area contributed by atoms with Crippen LogP contribution in [0.5, 0.6) is 5.88 Å². The van der Waals surface area contributed by atoms with Crippen LogP contribution in [0.1, 0.15) is 50.5 Å². The fourth-order valence-electron chi connectivity index (χ4n) is 3.08. The monoisotopic (exact) mass is 488 g/mol. The highest BCUT2D eigenvalue weighted by Crippen LogP contribution is 2.28. The van der Waals surface area contributed by atoms with Crippen LogP contribution in [0.2, 0.25) is 0 Å². The Bertz CT molecular complexity index is 558. The van der Waals surface area contributed by atoms with Crippen LogP contribution in [-0.2, 0) is 11.3 Å². The predicted octanol–water partition coefficient (Wildman–Crippen LogP) is 3.50. The van der Waals surface area contributed by atoms with Gasteiger partial charge in [-0.1, -0.05) is 6.07 Å². The van der Waals surface area contributed by atoms with Crippen LogP contribution in [0, 0.1) is 5.92 Å². The minimum absolute atomic E-state index is 0. The fourth-order valence-corrected chi connectivity index (χ4v) is 3.08. The number of aliphatic imine (C=N–C) groups is 1. The molecule has 2 aliphatic rings. The van der Waals surface area contributed by atoms with E-state index >= 15 is 0 Å². The van der Waals surface area contributed by atoms with E-state index in [1.54, 1.807) is 7.05 Å². The van der Waals surface area contributed by atoms with E-state index in [1.807, 2.05) is 12.3 Å². The number of aromatic nitrogens is 1. The largest absolute Gasteiger partial charge is 0.474 e. The lowest BCUT2D eigenvalue weighted by atomic mass is 10.3. The molecule has 2 N–H and O–H groups in total. The zero-order valence-electron chi connectivity index (χ0n) is 16.3. The van der Waals surface area contributed by atoms with Crippen LogP contribution in [-0.4, -0.2) is 43.9 Å². The first-order valence-electron chi connectivity index (χ1n) is 9.97. The summed E-state index contributed by atoms with van der Waals surface area (Å²) in [5.74, 6) is 2.37. The zero-order chi connectivity index (χ0) is 18.0. The summed E-state index contributed by atoms with van der Waals surface area (Å²) in [5.41, 5.74) is 1.11. The maximum Gasteiger partial charge on any atom is 0.213 e. The Hall–Kier alpha value is -1.09. The van der Waals surface area contributed by atoms with E-state index < -0.39 is 0 Å². The lowest BCUT2D eigenvalue weighted by Gasteiger charge is -2.13. The highest BCUT2D eigenvalue weighted by molar-refractivity contribution is 14.0. The van der Waals surface area contributed by atoms with E-state index in [9.17, 15) is 0 Å². The highest BCUT2D eigenvalue weighted by Gasteiger charge is 2.20. The van der Waals surface area contributed by atoms with Crippen LogP contribution in [0.3, 0.4) is 0 Å². The van der Waals surface area contributed by atoms with Gasteiger partial charge < -0.3 is 20.1 Å². The standard InChI is InChI=1S/C20H32N4O2.HI/c1-21-20(22-11-4-12-25-15-16-7-8-16)24-14-17-9-10-19(23-13-17)26-18-5-2-3-6-18;/h9-10,13,16,18H,2-8,11-12,14-15H2,1H3,(H2,21,22,24);1H. The number of rotatable bonds is 10. The Morgan fingerprint density at radius 3 is 2.67 bits per heavy atom. The van der Waals surface area contributed by atoms with E-state index in [2.05, 4.69) is 26.7 Å². The van der Waals surface area contributed by atoms with Crippen LogP contribution in [0.15, 0.2) is 23.3 Å². The summed E-state index contributed by atoms with van der Waals surface area (Å²) >= 11 is 0. The molecule has 0 amide bonds. The van der Waals surface area contributed by atoms with Gasteiger partial charge in [0.2, 0.25) is 5.88 Å². The van der Waals surface area contributed by atoms with Crippen molar-refractivity contribution >= 4 is 29.9 Å². The van der Waals surface area contributed by atoms with Gasteiger partial charge in [0.15, 0.2) is 5.96 Å². The van der Waals surface area contributed by atoms with Crippen molar-refractivity contribution in [2.75, 3.05) is 26.8 Å². The second kappa shape index (κ2) is 12.4. The minimum atomic E-state index is 0. The topological polar surface area (TPSA) is 67.8 Å². The van der Waals surface area contributed by atoms with Crippen molar-refractivity contribution in [3.63, 3.8) is 0 Å². The molecule has 0 aliphatic heterocycles. The predicted molar refractivity (Wildman–Crippen MR) is 119 cm³/mol. The quantitative estimate of drug-likeness (QED) is 0.229. The number of nitrogens with zero attached hydrogens (tertiary/aromatic N) is 2. The molecule has 1 aromatic rings. The minimum Gasteiger partial charge on any atom is -0.474 e. The van der Waals surface area contributed by atoms with Gasteiger partial charge in [0, 0.05) is 45.6 Å². The van der Waals surface area contributed by atoms with E-state index in [4.69, 9.17) is 9.47 Å². The molecule has 2 fully saturated rings. The van der Waals surface area contributed by atoms with Gasteiger partial charge >= 0.3 is 0 Å². The van der Waals surface area contributed by atoms with Crippen LogP contribution < -0.4 is 15.4 Å². The molecule has 2 aliphatic carbocycles. The summed E-state index contributed by atoms with van der Waals surface area (Å²) in [6, 6.07) is 4.02. The molecule has 6 nitrogen and oxygen atoms in total. The van der Waals surface area contributed by atoms with Gasteiger partial charge in [0.25, 0.3) is 0 Å². The van der Waals surface area contributed by atoms with Gasteiger partial charge in [-0.15, -0.1) is 24.0 Å². The van der Waals surface area contributed by atoms with E-state index in [0.717, 1.165) is 62.3 Å². The molecule has 1 aromatic heterocycles. The maximum atomic E-state index is 5.90. The lowest BCUT2D eigenvalue weighted by Crippen LogP contribution is -2.37. The number of ether oxygens (including phenoxy) is 2. The summed E-state index contributed by atoms with van der Waals surface area (Å²) < 4.78 is 11.5. The molecule has 0 atom stereocenters. The van der Waals surface area contributed by atoms with Gasteiger partial charge in [-0.2, -0.15) is 0 Å². The number of guanidine groups is 1. The summed E-state index contributed by atoms with van der Waals surface area (Å²) in [5, 5.41) is 6.63. The van der Waals surface area contributed by atoms with Gasteiger partial charge in [-0.25, -0.2) is 4.98 Å². The first-order chi connectivity index (χ1) is 12.8. The Kier molecular flexibility index (Phi) is 10.2. The first kappa shape index (κ1) is 22.2.